The molecule has 4 rings (SSSR count). The number of urea groups is 1. The van der Waals surface area contributed by atoms with E-state index < -0.39 is 23.1 Å². The highest BCUT2D eigenvalue weighted by Crippen LogP contribution is 2.41. The molecule has 33 heavy (non-hydrogen) atoms. The molecule has 5 nitrogen and oxygen atoms in total. The predicted molar refractivity (Wildman–Crippen MR) is 125 cm³/mol. The minimum Gasteiger partial charge on any atom is -0.338 e. The second-order valence-electron chi connectivity index (χ2n) is 9.70. The molecule has 0 bridgehead atoms. The van der Waals surface area contributed by atoms with E-state index in [2.05, 4.69) is 18.3 Å². The van der Waals surface area contributed by atoms with Gasteiger partial charge in [-0.15, -0.1) is 0 Å². The summed E-state index contributed by atoms with van der Waals surface area (Å²) in [5.41, 5.74) is 3.90. The van der Waals surface area contributed by atoms with Crippen molar-refractivity contribution >= 4 is 17.6 Å². The fourth-order valence-electron chi connectivity index (χ4n) is 5.00. The van der Waals surface area contributed by atoms with Crippen molar-refractivity contribution in [2.45, 2.75) is 47.0 Å². The highest BCUT2D eigenvalue weighted by atomic mass is 19.1. The molecule has 2 aliphatic heterocycles. The number of piperidine rings is 1. The monoisotopic (exact) mass is 455 g/mol. The van der Waals surface area contributed by atoms with Crippen molar-refractivity contribution in [3.8, 4) is 0 Å². The highest BCUT2D eigenvalue weighted by molar-refractivity contribution is 5.95. The van der Waals surface area contributed by atoms with E-state index in [1.165, 1.54) is 23.5 Å². The summed E-state index contributed by atoms with van der Waals surface area (Å²) in [6.45, 7) is 9.72. The molecule has 176 valence electrons. The molecule has 0 radical (unpaired) electrons. The van der Waals surface area contributed by atoms with Gasteiger partial charge in [0, 0.05) is 31.9 Å². The molecule has 0 unspecified atom stereocenters. The second-order valence-corrected chi connectivity index (χ2v) is 9.70. The Morgan fingerprint density at radius 2 is 1.45 bits per heavy atom. The molecule has 2 fully saturated rings. The lowest BCUT2D eigenvalue weighted by molar-refractivity contribution is 0.0585. The number of carbonyl (C=O) groups is 2. The maximum atomic E-state index is 14.4. The lowest BCUT2D eigenvalue weighted by Crippen LogP contribution is -2.45. The van der Waals surface area contributed by atoms with Gasteiger partial charge in [0.2, 0.25) is 0 Å². The molecule has 0 saturated carbocycles. The second kappa shape index (κ2) is 8.76. The van der Waals surface area contributed by atoms with Gasteiger partial charge in [-0.25, -0.2) is 13.6 Å². The number of aryl methyl sites for hydroxylation is 4. The molecule has 2 heterocycles. The van der Waals surface area contributed by atoms with Crippen molar-refractivity contribution in [3.05, 3.63) is 63.7 Å². The summed E-state index contributed by atoms with van der Waals surface area (Å²) < 4.78 is 28.6. The van der Waals surface area contributed by atoms with Crippen LogP contribution in [0.5, 0.6) is 0 Å². The van der Waals surface area contributed by atoms with Crippen LogP contribution in [0.25, 0.3) is 0 Å². The smallest absolute Gasteiger partial charge is 0.321 e. The number of hydrogen-bond acceptors (Lipinski definition) is 2. The van der Waals surface area contributed by atoms with E-state index in [-0.39, 0.29) is 17.0 Å². The van der Waals surface area contributed by atoms with Crippen molar-refractivity contribution in [1.29, 1.82) is 0 Å². The molecular formula is C26H31F2N3O2. The van der Waals surface area contributed by atoms with Gasteiger partial charge in [-0.3, -0.25) is 4.79 Å². The van der Waals surface area contributed by atoms with Gasteiger partial charge in [-0.1, -0.05) is 12.1 Å². The van der Waals surface area contributed by atoms with Crippen LogP contribution >= 0.6 is 0 Å². The maximum absolute atomic E-state index is 14.4. The number of nitrogens with zero attached hydrogens (tertiary/aromatic N) is 2. The Kier molecular flexibility index (Phi) is 6.16. The fraction of sp³-hybridized carbons (Fsp3) is 0.462. The number of benzene rings is 2. The Hall–Kier alpha value is -2.96. The van der Waals surface area contributed by atoms with Crippen LogP contribution in [0.1, 0.15) is 51.9 Å². The standard InChI is InChI=1S/C26H31F2N3O2/c1-16-5-6-20(27)22(23(16)28)24(32)30-10-7-26(8-11-30)9-12-31(15-26)25(33)29-21-14-18(3)17(2)13-19(21)4/h5-6,13-14H,7-12,15H2,1-4H3,(H,29,33). The van der Waals surface area contributed by atoms with Crippen molar-refractivity contribution < 1.29 is 18.4 Å². The maximum Gasteiger partial charge on any atom is 0.321 e. The largest absolute Gasteiger partial charge is 0.338 e. The van der Waals surface area contributed by atoms with Gasteiger partial charge in [-0.2, -0.15) is 0 Å². The molecule has 1 N–H and O–H groups in total. The zero-order valence-corrected chi connectivity index (χ0v) is 19.7. The molecular weight excluding hydrogens is 424 g/mol. The summed E-state index contributed by atoms with van der Waals surface area (Å²) in [5.74, 6) is -2.21. The Morgan fingerprint density at radius 1 is 0.848 bits per heavy atom. The average molecular weight is 456 g/mol. The molecule has 0 aliphatic carbocycles. The van der Waals surface area contributed by atoms with E-state index in [0.717, 1.165) is 29.3 Å². The number of rotatable bonds is 2. The number of halogens is 2. The highest BCUT2D eigenvalue weighted by Gasteiger charge is 2.43. The van der Waals surface area contributed by atoms with E-state index in [1.54, 1.807) is 0 Å². The Morgan fingerprint density at radius 3 is 2.12 bits per heavy atom. The SMILES string of the molecule is Cc1cc(C)c(NC(=O)N2CCC3(CCN(C(=O)c4c(F)ccc(C)c4F)CC3)C2)cc1C. The molecule has 0 aromatic heterocycles. The van der Waals surface area contributed by atoms with Gasteiger partial charge in [-0.05, 0) is 86.8 Å². The third-order valence-corrected chi connectivity index (χ3v) is 7.42. The number of likely N-dealkylation sites (tertiary alicyclic amines) is 2. The molecule has 0 atom stereocenters. The summed E-state index contributed by atoms with van der Waals surface area (Å²) in [5, 5.41) is 3.05. The van der Waals surface area contributed by atoms with Crippen LogP contribution < -0.4 is 5.32 Å². The van der Waals surface area contributed by atoms with Gasteiger partial charge in [0.1, 0.15) is 17.2 Å². The Balaban J connectivity index is 1.38. The summed E-state index contributed by atoms with van der Waals surface area (Å²) in [4.78, 5) is 29.1. The molecule has 2 aromatic rings. The van der Waals surface area contributed by atoms with E-state index in [0.29, 0.717) is 39.0 Å². The van der Waals surface area contributed by atoms with Crippen LogP contribution in [0.3, 0.4) is 0 Å². The first-order chi connectivity index (χ1) is 15.6. The molecule has 2 aromatic carbocycles. The first-order valence-corrected chi connectivity index (χ1v) is 11.5. The van der Waals surface area contributed by atoms with Crippen LogP contribution in [0.15, 0.2) is 24.3 Å². The molecule has 1 spiro atoms. The van der Waals surface area contributed by atoms with Crippen LogP contribution in [0.2, 0.25) is 0 Å². The third-order valence-electron chi connectivity index (χ3n) is 7.42. The quantitative estimate of drug-likeness (QED) is 0.663. The normalized spacial score (nSPS) is 17.5. The number of amides is 3. The summed E-state index contributed by atoms with van der Waals surface area (Å²) in [6.07, 6.45) is 2.28. The number of carbonyl (C=O) groups excluding carboxylic acids is 2. The fourth-order valence-corrected chi connectivity index (χ4v) is 5.00. The van der Waals surface area contributed by atoms with Crippen molar-refractivity contribution in [3.63, 3.8) is 0 Å². The summed E-state index contributed by atoms with van der Waals surface area (Å²) in [7, 11) is 0. The number of anilines is 1. The minimum absolute atomic E-state index is 0.0595. The predicted octanol–water partition coefficient (Wildman–Crippen LogP) is 5.36. The first kappa shape index (κ1) is 23.2. The summed E-state index contributed by atoms with van der Waals surface area (Å²) in [6, 6.07) is 6.44. The van der Waals surface area contributed by atoms with E-state index in [1.807, 2.05) is 24.8 Å². The van der Waals surface area contributed by atoms with Gasteiger partial charge >= 0.3 is 6.03 Å². The van der Waals surface area contributed by atoms with Crippen molar-refractivity contribution in [2.24, 2.45) is 5.41 Å². The zero-order chi connectivity index (χ0) is 23.9. The van der Waals surface area contributed by atoms with Crippen LogP contribution in [-0.2, 0) is 0 Å². The Bertz CT molecular complexity index is 1110. The van der Waals surface area contributed by atoms with E-state index in [4.69, 9.17) is 0 Å². The van der Waals surface area contributed by atoms with Crippen molar-refractivity contribution in [1.82, 2.24) is 9.80 Å². The van der Waals surface area contributed by atoms with Gasteiger partial charge in [0.05, 0.1) is 0 Å². The van der Waals surface area contributed by atoms with Gasteiger partial charge in [0.15, 0.2) is 0 Å². The Labute approximate surface area is 193 Å². The zero-order valence-electron chi connectivity index (χ0n) is 19.7. The van der Waals surface area contributed by atoms with Crippen LogP contribution in [0, 0.1) is 44.7 Å². The van der Waals surface area contributed by atoms with E-state index in [9.17, 15) is 18.4 Å². The molecule has 2 saturated heterocycles. The van der Waals surface area contributed by atoms with Crippen molar-refractivity contribution in [2.75, 3.05) is 31.5 Å². The van der Waals surface area contributed by atoms with E-state index >= 15 is 0 Å². The van der Waals surface area contributed by atoms with Crippen LogP contribution in [-0.4, -0.2) is 47.9 Å². The topological polar surface area (TPSA) is 52.7 Å². The molecule has 2 aliphatic rings. The number of hydrogen-bond donors (Lipinski definition) is 1. The lowest BCUT2D eigenvalue weighted by Gasteiger charge is -2.39. The molecule has 3 amide bonds. The lowest BCUT2D eigenvalue weighted by atomic mass is 9.77. The number of nitrogens with one attached hydrogen (secondary N) is 1. The minimum atomic E-state index is -0.825. The summed E-state index contributed by atoms with van der Waals surface area (Å²) >= 11 is 0. The molecule has 7 heteroatoms. The average Bonchev–Trinajstić information content (AvgIpc) is 3.19. The van der Waals surface area contributed by atoms with Gasteiger partial charge in [0.25, 0.3) is 5.91 Å². The third kappa shape index (κ3) is 4.45. The van der Waals surface area contributed by atoms with Gasteiger partial charge < -0.3 is 15.1 Å². The van der Waals surface area contributed by atoms with Crippen LogP contribution in [0.4, 0.5) is 19.3 Å². The first-order valence-electron chi connectivity index (χ1n) is 11.5.